The SMILES string of the molecule is CCCCCCCCCCCC(=O)N(C(CCCCCCCC)CCCCCCCCCCC)[C@@H](CCC(=O)O)C(=O)O. The first-order chi connectivity index (χ1) is 20.9. The van der Waals surface area contributed by atoms with E-state index in [0.717, 1.165) is 57.8 Å². The van der Waals surface area contributed by atoms with E-state index in [1.165, 1.54) is 109 Å². The molecule has 254 valence electrons. The summed E-state index contributed by atoms with van der Waals surface area (Å²) in [7, 11) is 0. The van der Waals surface area contributed by atoms with Crippen molar-refractivity contribution < 1.29 is 24.6 Å². The second-order valence-electron chi connectivity index (χ2n) is 13.0. The Bertz CT molecular complexity index is 667. The zero-order valence-electron chi connectivity index (χ0n) is 28.7. The van der Waals surface area contributed by atoms with E-state index >= 15 is 0 Å². The summed E-state index contributed by atoms with van der Waals surface area (Å²) in [6.45, 7) is 6.68. The van der Waals surface area contributed by atoms with Gasteiger partial charge in [-0.1, -0.05) is 168 Å². The van der Waals surface area contributed by atoms with Crippen LogP contribution in [-0.2, 0) is 14.4 Å². The smallest absolute Gasteiger partial charge is 0.326 e. The molecule has 0 spiro atoms. The molecule has 0 aliphatic heterocycles. The molecule has 0 aliphatic carbocycles. The summed E-state index contributed by atoms with van der Waals surface area (Å²) in [4.78, 5) is 39.2. The Morgan fingerprint density at radius 3 is 1.16 bits per heavy atom. The van der Waals surface area contributed by atoms with Crippen LogP contribution in [0.5, 0.6) is 0 Å². The molecule has 0 rings (SSSR count). The van der Waals surface area contributed by atoms with Gasteiger partial charge in [0, 0.05) is 18.9 Å². The van der Waals surface area contributed by atoms with Crippen molar-refractivity contribution in [1.29, 1.82) is 0 Å². The fourth-order valence-corrected chi connectivity index (χ4v) is 6.26. The fraction of sp³-hybridized carbons (Fsp3) is 0.919. The van der Waals surface area contributed by atoms with Gasteiger partial charge in [-0.15, -0.1) is 0 Å². The molecule has 0 fully saturated rings. The lowest BCUT2D eigenvalue weighted by molar-refractivity contribution is -0.154. The summed E-state index contributed by atoms with van der Waals surface area (Å²) in [5.41, 5.74) is 0. The van der Waals surface area contributed by atoms with Crippen molar-refractivity contribution in [2.45, 2.75) is 219 Å². The molecular weight excluding hydrogens is 538 g/mol. The van der Waals surface area contributed by atoms with E-state index in [4.69, 9.17) is 0 Å². The van der Waals surface area contributed by atoms with Crippen LogP contribution in [0.25, 0.3) is 0 Å². The van der Waals surface area contributed by atoms with Gasteiger partial charge in [0.2, 0.25) is 5.91 Å². The minimum absolute atomic E-state index is 0.0288. The van der Waals surface area contributed by atoms with Crippen LogP contribution >= 0.6 is 0 Å². The van der Waals surface area contributed by atoms with Crippen LogP contribution in [0.3, 0.4) is 0 Å². The van der Waals surface area contributed by atoms with Gasteiger partial charge in [0.05, 0.1) is 0 Å². The van der Waals surface area contributed by atoms with Crippen LogP contribution in [0.4, 0.5) is 0 Å². The van der Waals surface area contributed by atoms with Gasteiger partial charge in [0.15, 0.2) is 0 Å². The Balaban J connectivity index is 5.30. The van der Waals surface area contributed by atoms with E-state index in [2.05, 4.69) is 20.8 Å². The predicted molar refractivity (Wildman–Crippen MR) is 181 cm³/mol. The largest absolute Gasteiger partial charge is 0.481 e. The zero-order chi connectivity index (χ0) is 32.0. The highest BCUT2D eigenvalue weighted by molar-refractivity contribution is 5.84. The van der Waals surface area contributed by atoms with Crippen LogP contribution in [0.15, 0.2) is 0 Å². The van der Waals surface area contributed by atoms with Crippen molar-refractivity contribution >= 4 is 17.8 Å². The number of unbranched alkanes of at least 4 members (excludes halogenated alkanes) is 21. The number of carboxylic acids is 2. The monoisotopic (exact) mass is 610 g/mol. The van der Waals surface area contributed by atoms with Gasteiger partial charge < -0.3 is 15.1 Å². The molecule has 6 nitrogen and oxygen atoms in total. The highest BCUT2D eigenvalue weighted by atomic mass is 16.4. The minimum Gasteiger partial charge on any atom is -0.481 e. The Hall–Kier alpha value is -1.59. The fourth-order valence-electron chi connectivity index (χ4n) is 6.26. The predicted octanol–water partition coefficient (Wildman–Crippen LogP) is 11.1. The molecule has 0 saturated carbocycles. The first-order valence-corrected chi connectivity index (χ1v) is 18.6. The zero-order valence-corrected chi connectivity index (χ0v) is 28.7. The van der Waals surface area contributed by atoms with Crippen LogP contribution < -0.4 is 0 Å². The molecule has 0 aliphatic rings. The van der Waals surface area contributed by atoms with Crippen molar-refractivity contribution in [1.82, 2.24) is 4.90 Å². The Morgan fingerprint density at radius 2 is 0.814 bits per heavy atom. The number of hydrogen-bond acceptors (Lipinski definition) is 3. The van der Waals surface area contributed by atoms with Gasteiger partial charge >= 0.3 is 11.9 Å². The van der Waals surface area contributed by atoms with Crippen molar-refractivity contribution in [3.05, 3.63) is 0 Å². The molecule has 0 aromatic heterocycles. The average molecular weight is 610 g/mol. The van der Waals surface area contributed by atoms with Gasteiger partial charge in [-0.05, 0) is 25.7 Å². The van der Waals surface area contributed by atoms with Crippen molar-refractivity contribution in [2.24, 2.45) is 0 Å². The van der Waals surface area contributed by atoms with Crippen LogP contribution in [0.2, 0.25) is 0 Å². The van der Waals surface area contributed by atoms with E-state index in [1.54, 1.807) is 4.90 Å². The van der Waals surface area contributed by atoms with E-state index in [0.29, 0.717) is 6.42 Å². The number of aliphatic carboxylic acids is 2. The van der Waals surface area contributed by atoms with Gasteiger partial charge in [0.25, 0.3) is 0 Å². The van der Waals surface area contributed by atoms with Gasteiger partial charge in [-0.2, -0.15) is 0 Å². The van der Waals surface area contributed by atoms with Crippen molar-refractivity contribution in [3.8, 4) is 0 Å². The first kappa shape index (κ1) is 41.4. The molecule has 1 unspecified atom stereocenters. The number of carbonyl (C=O) groups is 3. The lowest BCUT2D eigenvalue weighted by Crippen LogP contribution is -2.51. The van der Waals surface area contributed by atoms with E-state index in [1.807, 2.05) is 0 Å². The van der Waals surface area contributed by atoms with Gasteiger partial charge in [-0.3, -0.25) is 9.59 Å². The maximum atomic E-state index is 13.7. The summed E-state index contributed by atoms with van der Waals surface area (Å²) in [6, 6.07) is -1.19. The average Bonchev–Trinajstić information content (AvgIpc) is 2.98. The van der Waals surface area contributed by atoms with Crippen LogP contribution in [0, 0.1) is 0 Å². The second-order valence-corrected chi connectivity index (χ2v) is 13.0. The molecule has 0 aromatic carbocycles. The number of rotatable bonds is 33. The molecule has 0 radical (unpaired) electrons. The molecule has 0 heterocycles. The van der Waals surface area contributed by atoms with E-state index < -0.39 is 18.0 Å². The van der Waals surface area contributed by atoms with Crippen LogP contribution in [0.1, 0.15) is 207 Å². The quantitative estimate of drug-likeness (QED) is 0.0722. The molecule has 2 atom stereocenters. The van der Waals surface area contributed by atoms with Crippen molar-refractivity contribution in [3.63, 3.8) is 0 Å². The summed E-state index contributed by atoms with van der Waals surface area (Å²) in [5.74, 6) is -2.17. The highest BCUT2D eigenvalue weighted by Gasteiger charge is 2.34. The minimum atomic E-state index is -1.07. The number of carbonyl (C=O) groups excluding carboxylic acids is 1. The normalized spacial score (nSPS) is 12.7. The Labute approximate surface area is 266 Å². The lowest BCUT2D eigenvalue weighted by atomic mass is 9.95. The second kappa shape index (κ2) is 30.4. The maximum Gasteiger partial charge on any atom is 0.326 e. The van der Waals surface area contributed by atoms with Gasteiger partial charge in [0.1, 0.15) is 6.04 Å². The summed E-state index contributed by atoms with van der Waals surface area (Å²) in [6.07, 6.45) is 30.1. The Morgan fingerprint density at radius 1 is 0.465 bits per heavy atom. The summed E-state index contributed by atoms with van der Waals surface area (Å²) in [5, 5.41) is 19.5. The number of nitrogens with zero attached hydrogens (tertiary/aromatic N) is 1. The molecule has 0 aromatic rings. The van der Waals surface area contributed by atoms with Crippen molar-refractivity contribution in [2.75, 3.05) is 0 Å². The third-order valence-corrected chi connectivity index (χ3v) is 8.96. The van der Waals surface area contributed by atoms with Crippen LogP contribution in [-0.4, -0.2) is 45.0 Å². The molecular formula is C37H71NO5. The standard InChI is InChI=1S/C37H71NO5/c1-4-7-10-13-16-18-20-23-26-29-33(28-25-22-15-12-9-6-3)38(34(37(42)43)31-32-36(40)41)35(39)30-27-24-21-19-17-14-11-8-5-2/h33-34H,4-32H2,1-3H3,(H,40,41)(H,42,43)/t33?,34-/m0/s1. The number of carboxylic acid groups (broad SMARTS) is 2. The molecule has 0 bridgehead atoms. The maximum absolute atomic E-state index is 13.7. The van der Waals surface area contributed by atoms with Gasteiger partial charge in [-0.25, -0.2) is 4.79 Å². The third kappa shape index (κ3) is 24.4. The topological polar surface area (TPSA) is 94.9 Å². The molecule has 1 amide bonds. The molecule has 2 N–H and O–H groups in total. The highest BCUT2D eigenvalue weighted by Crippen LogP contribution is 2.25. The number of hydrogen-bond donors (Lipinski definition) is 2. The molecule has 0 saturated heterocycles. The first-order valence-electron chi connectivity index (χ1n) is 18.6. The summed E-state index contributed by atoms with van der Waals surface area (Å²) >= 11 is 0. The third-order valence-electron chi connectivity index (χ3n) is 8.96. The molecule has 6 heteroatoms. The Kier molecular flexibility index (Phi) is 29.3. The molecule has 43 heavy (non-hydrogen) atoms. The number of amides is 1. The van der Waals surface area contributed by atoms with E-state index in [-0.39, 0.29) is 24.8 Å². The van der Waals surface area contributed by atoms with E-state index in [9.17, 15) is 24.6 Å². The summed E-state index contributed by atoms with van der Waals surface area (Å²) < 4.78 is 0. The lowest BCUT2D eigenvalue weighted by Gasteiger charge is -2.37.